The van der Waals surface area contributed by atoms with Crippen LogP contribution in [0.25, 0.3) is 0 Å². The van der Waals surface area contributed by atoms with Crippen LogP contribution in [0.4, 0.5) is 5.00 Å². The molecule has 0 saturated heterocycles. The third kappa shape index (κ3) is 2.99. The molecule has 0 aromatic carbocycles. The SMILES string of the molecule is Cc1csc(NC(=O)C(Cl)(Cl)Cl)c1C#N. The molecule has 15 heavy (non-hydrogen) atoms. The van der Waals surface area contributed by atoms with Crippen LogP contribution >= 0.6 is 46.1 Å². The number of halogens is 3. The summed E-state index contributed by atoms with van der Waals surface area (Å²) in [7, 11) is 0. The largest absolute Gasteiger partial charge is 0.313 e. The molecule has 0 spiro atoms. The van der Waals surface area contributed by atoms with Crippen LogP contribution in [0.5, 0.6) is 0 Å². The number of carbonyl (C=O) groups excluding carboxylic acids is 1. The fourth-order valence-corrected chi connectivity index (χ4v) is 1.88. The van der Waals surface area contributed by atoms with Gasteiger partial charge in [-0.25, -0.2) is 0 Å². The lowest BCUT2D eigenvalue weighted by molar-refractivity contribution is -0.115. The van der Waals surface area contributed by atoms with Gasteiger partial charge in [-0.15, -0.1) is 11.3 Å². The number of amides is 1. The first-order valence-electron chi connectivity index (χ1n) is 3.72. The number of nitriles is 1. The zero-order chi connectivity index (χ0) is 11.6. The van der Waals surface area contributed by atoms with E-state index in [1.165, 1.54) is 11.3 Å². The van der Waals surface area contributed by atoms with Crippen molar-refractivity contribution < 1.29 is 4.79 Å². The number of nitrogens with zero attached hydrogens (tertiary/aromatic N) is 1. The molecule has 7 heteroatoms. The lowest BCUT2D eigenvalue weighted by Gasteiger charge is -2.09. The van der Waals surface area contributed by atoms with Crippen molar-refractivity contribution in [3.05, 3.63) is 16.5 Å². The smallest absolute Gasteiger partial charge is 0.277 e. The molecule has 0 saturated carbocycles. The maximum absolute atomic E-state index is 11.3. The molecule has 0 atom stereocenters. The van der Waals surface area contributed by atoms with Gasteiger partial charge < -0.3 is 5.32 Å². The monoisotopic (exact) mass is 282 g/mol. The van der Waals surface area contributed by atoms with Gasteiger partial charge in [-0.3, -0.25) is 4.79 Å². The Morgan fingerprint density at radius 2 is 2.20 bits per heavy atom. The third-order valence-electron chi connectivity index (χ3n) is 1.57. The maximum atomic E-state index is 11.3. The van der Waals surface area contributed by atoms with E-state index in [2.05, 4.69) is 5.32 Å². The van der Waals surface area contributed by atoms with Crippen LogP contribution in [0.2, 0.25) is 0 Å². The minimum absolute atomic E-state index is 0.391. The summed E-state index contributed by atoms with van der Waals surface area (Å²) in [6.07, 6.45) is 0. The second-order valence-corrected chi connectivity index (χ2v) is 5.85. The van der Waals surface area contributed by atoms with Crippen LogP contribution in [0, 0.1) is 18.3 Å². The molecule has 0 bridgehead atoms. The number of hydrogen-bond acceptors (Lipinski definition) is 3. The summed E-state index contributed by atoms with van der Waals surface area (Å²) < 4.78 is -2.02. The second-order valence-electron chi connectivity index (χ2n) is 2.69. The first kappa shape index (κ1) is 12.6. The van der Waals surface area contributed by atoms with Crippen molar-refractivity contribution in [2.24, 2.45) is 0 Å². The highest BCUT2D eigenvalue weighted by Gasteiger charge is 2.31. The molecule has 0 aliphatic rings. The number of hydrogen-bond donors (Lipinski definition) is 1. The van der Waals surface area contributed by atoms with Crippen LogP contribution < -0.4 is 5.32 Å². The average molecular weight is 284 g/mol. The van der Waals surface area contributed by atoms with Gasteiger partial charge in [0.15, 0.2) is 0 Å². The predicted molar refractivity (Wildman–Crippen MR) is 62.7 cm³/mol. The van der Waals surface area contributed by atoms with E-state index in [0.29, 0.717) is 10.6 Å². The Kier molecular flexibility index (Phi) is 3.85. The van der Waals surface area contributed by atoms with Gasteiger partial charge in [0, 0.05) is 0 Å². The minimum atomic E-state index is -2.02. The highest BCUT2D eigenvalue weighted by atomic mass is 35.6. The quantitative estimate of drug-likeness (QED) is 0.805. The Morgan fingerprint density at radius 1 is 1.60 bits per heavy atom. The number of aryl methyl sites for hydroxylation is 1. The Balaban J connectivity index is 2.92. The molecule has 1 heterocycles. The van der Waals surface area contributed by atoms with Gasteiger partial charge in [0.1, 0.15) is 11.1 Å². The Labute approximate surface area is 106 Å². The van der Waals surface area contributed by atoms with Gasteiger partial charge in [-0.1, -0.05) is 34.8 Å². The fraction of sp³-hybridized carbons (Fsp3) is 0.250. The van der Waals surface area contributed by atoms with E-state index in [1.54, 1.807) is 12.3 Å². The van der Waals surface area contributed by atoms with Crippen LogP contribution in [0.3, 0.4) is 0 Å². The number of anilines is 1. The summed E-state index contributed by atoms with van der Waals surface area (Å²) in [5, 5.41) is 13.3. The first-order chi connectivity index (χ1) is 6.86. The molecule has 80 valence electrons. The van der Waals surface area contributed by atoms with Crippen molar-refractivity contribution in [3.63, 3.8) is 0 Å². The third-order valence-corrected chi connectivity index (χ3v) is 3.10. The average Bonchev–Trinajstić information content (AvgIpc) is 2.45. The maximum Gasteiger partial charge on any atom is 0.277 e. The van der Waals surface area contributed by atoms with Gasteiger partial charge in [0.25, 0.3) is 9.70 Å². The van der Waals surface area contributed by atoms with Crippen molar-refractivity contribution in [2.75, 3.05) is 5.32 Å². The minimum Gasteiger partial charge on any atom is -0.313 e. The summed E-state index contributed by atoms with van der Waals surface area (Å²) in [6.45, 7) is 1.76. The van der Waals surface area contributed by atoms with E-state index in [1.807, 2.05) is 6.07 Å². The molecule has 3 nitrogen and oxygen atoms in total. The molecule has 1 rings (SSSR count). The van der Waals surface area contributed by atoms with Crippen LogP contribution in [0.1, 0.15) is 11.1 Å². The zero-order valence-electron chi connectivity index (χ0n) is 7.47. The van der Waals surface area contributed by atoms with Gasteiger partial charge in [0.05, 0.1) is 5.56 Å². The van der Waals surface area contributed by atoms with Gasteiger partial charge in [-0.2, -0.15) is 5.26 Å². The van der Waals surface area contributed by atoms with Crippen molar-refractivity contribution in [3.8, 4) is 6.07 Å². The lowest BCUT2D eigenvalue weighted by Crippen LogP contribution is -2.26. The van der Waals surface area contributed by atoms with Crippen molar-refractivity contribution >= 4 is 57.0 Å². The van der Waals surface area contributed by atoms with Crippen LogP contribution in [0.15, 0.2) is 5.38 Å². The van der Waals surface area contributed by atoms with E-state index < -0.39 is 9.70 Å². The van der Waals surface area contributed by atoms with Gasteiger partial charge in [0.2, 0.25) is 0 Å². The van der Waals surface area contributed by atoms with Crippen molar-refractivity contribution in [2.45, 2.75) is 10.7 Å². The molecule has 1 N–H and O–H groups in total. The summed E-state index contributed by atoms with van der Waals surface area (Å²) in [4.78, 5) is 11.3. The molecule has 0 fully saturated rings. The molecule has 1 amide bonds. The zero-order valence-corrected chi connectivity index (χ0v) is 10.6. The van der Waals surface area contributed by atoms with E-state index in [4.69, 9.17) is 40.1 Å². The summed E-state index contributed by atoms with van der Waals surface area (Å²) in [5.74, 6) is -0.772. The topological polar surface area (TPSA) is 52.9 Å². The molecule has 0 radical (unpaired) electrons. The Morgan fingerprint density at radius 3 is 2.67 bits per heavy atom. The second kappa shape index (κ2) is 4.58. The molecule has 0 aliphatic carbocycles. The molecule has 0 aliphatic heterocycles. The van der Waals surface area contributed by atoms with E-state index in [-0.39, 0.29) is 0 Å². The highest BCUT2D eigenvalue weighted by Crippen LogP contribution is 2.31. The van der Waals surface area contributed by atoms with Crippen LogP contribution in [-0.4, -0.2) is 9.70 Å². The van der Waals surface area contributed by atoms with Gasteiger partial charge in [-0.05, 0) is 17.9 Å². The fourth-order valence-electron chi connectivity index (χ4n) is 0.849. The number of alkyl halides is 3. The summed E-state index contributed by atoms with van der Waals surface area (Å²) in [5.41, 5.74) is 1.17. The summed E-state index contributed by atoms with van der Waals surface area (Å²) >= 11 is 17.3. The Hall–Kier alpha value is -0.470. The van der Waals surface area contributed by atoms with E-state index in [9.17, 15) is 4.79 Å². The normalized spacial score (nSPS) is 10.9. The van der Waals surface area contributed by atoms with E-state index in [0.717, 1.165) is 5.56 Å². The molecular weight excluding hydrogens is 279 g/mol. The Bertz CT molecular complexity index is 430. The lowest BCUT2D eigenvalue weighted by atomic mass is 10.2. The predicted octanol–water partition coefficient (Wildman–Crippen LogP) is 3.24. The molecular formula is C8H5Cl3N2OS. The number of thiophene rings is 1. The number of carbonyl (C=O) groups is 1. The van der Waals surface area contributed by atoms with Crippen molar-refractivity contribution in [1.82, 2.24) is 0 Å². The molecule has 1 aromatic heterocycles. The number of rotatable bonds is 1. The van der Waals surface area contributed by atoms with Crippen molar-refractivity contribution in [1.29, 1.82) is 5.26 Å². The molecule has 0 unspecified atom stereocenters. The van der Waals surface area contributed by atoms with Crippen LogP contribution in [-0.2, 0) is 4.79 Å². The van der Waals surface area contributed by atoms with Gasteiger partial charge >= 0.3 is 0 Å². The standard InChI is InChI=1S/C8H5Cl3N2OS/c1-4-3-15-6(5(4)2-12)13-7(14)8(9,10)11/h3H,1H3,(H,13,14). The van der Waals surface area contributed by atoms with E-state index >= 15 is 0 Å². The summed E-state index contributed by atoms with van der Waals surface area (Å²) in [6, 6.07) is 1.97. The highest BCUT2D eigenvalue weighted by molar-refractivity contribution is 7.14. The number of nitrogens with one attached hydrogen (secondary N) is 1. The molecule has 1 aromatic rings. The first-order valence-corrected chi connectivity index (χ1v) is 5.74.